The third-order valence-electron chi connectivity index (χ3n) is 2.59. The molecule has 2 rings (SSSR count). The van der Waals surface area contributed by atoms with Crippen LogP contribution in [0.5, 0.6) is 11.5 Å². The number of ether oxygens (including phenoxy) is 2. The number of nitrogens with two attached hydrogens (primary N) is 1. The van der Waals surface area contributed by atoms with Crippen molar-refractivity contribution in [3.8, 4) is 22.8 Å². The molecule has 1 aromatic carbocycles. The van der Waals surface area contributed by atoms with E-state index in [0.717, 1.165) is 0 Å². The predicted molar refractivity (Wildman–Crippen MR) is 70.8 cm³/mol. The lowest BCUT2D eigenvalue weighted by atomic mass is 10.1. The van der Waals surface area contributed by atoms with Crippen LogP contribution in [0.15, 0.2) is 30.3 Å². The second kappa shape index (κ2) is 6.21. The molecule has 0 aliphatic carbocycles. The molecule has 0 atom stereocenters. The molecule has 0 bridgehead atoms. The van der Waals surface area contributed by atoms with Gasteiger partial charge in [-0.3, -0.25) is 5.73 Å². The standard InChI is InChI=1S/C13H13F2N3O3/c1-2-20-10-5-3-8(7-11(10)21-13(14)15)9-4-6-12(16)18(19)17-9/h3-7,13H,2,16H2,1H3. The van der Waals surface area contributed by atoms with E-state index in [1.807, 2.05) is 0 Å². The molecule has 1 aromatic heterocycles. The van der Waals surface area contributed by atoms with Crippen molar-refractivity contribution in [2.75, 3.05) is 12.3 Å². The Morgan fingerprint density at radius 1 is 1.29 bits per heavy atom. The molecule has 6 nitrogen and oxygen atoms in total. The first kappa shape index (κ1) is 14.8. The molecular weight excluding hydrogens is 284 g/mol. The van der Waals surface area contributed by atoms with Gasteiger partial charge in [0, 0.05) is 11.6 Å². The number of hydrogen-bond donors (Lipinski definition) is 1. The molecule has 0 saturated heterocycles. The van der Waals surface area contributed by atoms with E-state index in [9.17, 15) is 14.0 Å². The van der Waals surface area contributed by atoms with E-state index in [1.165, 1.54) is 24.3 Å². The summed E-state index contributed by atoms with van der Waals surface area (Å²) in [7, 11) is 0. The maximum Gasteiger partial charge on any atom is 0.387 e. The second-order valence-electron chi connectivity index (χ2n) is 3.99. The Hall–Kier alpha value is -2.64. The Balaban J connectivity index is 2.42. The van der Waals surface area contributed by atoms with E-state index >= 15 is 0 Å². The molecule has 0 amide bonds. The maximum atomic E-state index is 12.4. The summed E-state index contributed by atoms with van der Waals surface area (Å²) < 4.78 is 34.5. The number of hydrogen-bond acceptors (Lipinski definition) is 5. The minimum absolute atomic E-state index is 0.0614. The van der Waals surface area contributed by atoms with Gasteiger partial charge in [0.1, 0.15) is 5.69 Å². The van der Waals surface area contributed by atoms with Crippen molar-refractivity contribution in [1.82, 2.24) is 5.10 Å². The summed E-state index contributed by atoms with van der Waals surface area (Å²) >= 11 is 0. The first-order chi connectivity index (χ1) is 10.0. The number of nitrogens with zero attached hydrogens (tertiary/aromatic N) is 2. The number of alkyl halides is 2. The van der Waals surface area contributed by atoms with Gasteiger partial charge in [-0.1, -0.05) is 5.10 Å². The zero-order valence-corrected chi connectivity index (χ0v) is 11.1. The fourth-order valence-corrected chi connectivity index (χ4v) is 1.70. The Morgan fingerprint density at radius 2 is 2.05 bits per heavy atom. The molecule has 0 aliphatic rings. The zero-order valence-electron chi connectivity index (χ0n) is 11.1. The van der Waals surface area contributed by atoms with Crippen molar-refractivity contribution >= 4 is 5.82 Å². The van der Waals surface area contributed by atoms with Crippen LogP contribution >= 0.6 is 0 Å². The van der Waals surface area contributed by atoms with E-state index in [-0.39, 0.29) is 27.9 Å². The van der Waals surface area contributed by atoms with E-state index in [1.54, 1.807) is 13.0 Å². The first-order valence-electron chi connectivity index (χ1n) is 6.09. The number of rotatable bonds is 5. The lowest BCUT2D eigenvalue weighted by Gasteiger charge is -2.12. The number of nitrogen functional groups attached to an aromatic ring is 1. The first-order valence-corrected chi connectivity index (χ1v) is 6.09. The van der Waals surface area contributed by atoms with Crippen molar-refractivity contribution in [3.63, 3.8) is 0 Å². The SMILES string of the molecule is CCOc1ccc(-c2ccc(N)[n+]([O-])n2)cc1OC(F)F. The van der Waals surface area contributed by atoms with Crippen molar-refractivity contribution in [2.45, 2.75) is 13.5 Å². The topological polar surface area (TPSA) is 84.3 Å². The number of halogens is 2. The van der Waals surface area contributed by atoms with Crippen LogP contribution in [0.25, 0.3) is 11.3 Å². The van der Waals surface area contributed by atoms with Crippen LogP contribution < -0.4 is 20.1 Å². The Labute approximate surface area is 119 Å². The van der Waals surface area contributed by atoms with Gasteiger partial charge in [0.2, 0.25) is 0 Å². The summed E-state index contributed by atoms with van der Waals surface area (Å²) in [4.78, 5) is 0.249. The minimum atomic E-state index is -2.98. The van der Waals surface area contributed by atoms with Crippen LogP contribution in [-0.4, -0.2) is 18.3 Å². The van der Waals surface area contributed by atoms with Gasteiger partial charge in [0.25, 0.3) is 5.82 Å². The highest BCUT2D eigenvalue weighted by atomic mass is 19.3. The van der Waals surface area contributed by atoms with Crippen LogP contribution in [0.4, 0.5) is 14.6 Å². The average molecular weight is 297 g/mol. The van der Waals surface area contributed by atoms with Crippen molar-refractivity contribution in [1.29, 1.82) is 0 Å². The number of aromatic nitrogens is 2. The van der Waals surface area contributed by atoms with Gasteiger partial charge in [-0.15, -0.1) is 4.85 Å². The van der Waals surface area contributed by atoms with E-state index in [2.05, 4.69) is 9.84 Å². The van der Waals surface area contributed by atoms with Crippen LogP contribution in [0.1, 0.15) is 6.92 Å². The molecule has 0 spiro atoms. The Bertz CT molecular complexity index is 638. The van der Waals surface area contributed by atoms with Gasteiger partial charge in [-0.25, -0.2) is 0 Å². The summed E-state index contributed by atoms with van der Waals surface area (Å²) in [6.45, 7) is -0.954. The highest BCUT2D eigenvalue weighted by molar-refractivity contribution is 5.63. The summed E-state index contributed by atoms with van der Waals surface area (Å²) in [5.41, 5.74) is 6.08. The molecule has 0 saturated carbocycles. The van der Waals surface area contributed by atoms with Crippen LogP contribution in [0.3, 0.4) is 0 Å². The number of anilines is 1. The molecule has 2 aromatic rings. The predicted octanol–water partition coefficient (Wildman–Crippen LogP) is 1.96. The molecule has 0 fully saturated rings. The maximum absolute atomic E-state index is 12.4. The van der Waals surface area contributed by atoms with E-state index in [4.69, 9.17) is 10.5 Å². The highest BCUT2D eigenvalue weighted by Gasteiger charge is 2.14. The second-order valence-corrected chi connectivity index (χ2v) is 3.99. The quantitative estimate of drug-likeness (QED) is 0.673. The van der Waals surface area contributed by atoms with Gasteiger partial charge < -0.3 is 14.7 Å². The molecule has 1 heterocycles. The van der Waals surface area contributed by atoms with Crippen LogP contribution in [0.2, 0.25) is 0 Å². The lowest BCUT2D eigenvalue weighted by Crippen LogP contribution is -2.34. The van der Waals surface area contributed by atoms with Crippen LogP contribution in [-0.2, 0) is 0 Å². The molecule has 21 heavy (non-hydrogen) atoms. The Morgan fingerprint density at radius 3 is 2.67 bits per heavy atom. The lowest BCUT2D eigenvalue weighted by molar-refractivity contribution is -0.653. The Kier molecular flexibility index (Phi) is 4.36. The zero-order chi connectivity index (χ0) is 15.4. The largest absolute Gasteiger partial charge is 0.691 e. The van der Waals surface area contributed by atoms with Gasteiger partial charge in [0.15, 0.2) is 11.5 Å². The number of benzene rings is 1. The smallest absolute Gasteiger partial charge is 0.387 e. The third kappa shape index (κ3) is 3.47. The van der Waals surface area contributed by atoms with Crippen molar-refractivity contribution < 1.29 is 23.1 Å². The monoisotopic (exact) mass is 297 g/mol. The van der Waals surface area contributed by atoms with Gasteiger partial charge >= 0.3 is 6.61 Å². The molecule has 0 aliphatic heterocycles. The fraction of sp³-hybridized carbons (Fsp3) is 0.231. The summed E-state index contributed by atoms with van der Waals surface area (Å²) in [5, 5.41) is 15.0. The normalized spacial score (nSPS) is 10.7. The van der Waals surface area contributed by atoms with Gasteiger partial charge in [0.05, 0.1) is 6.61 Å². The average Bonchev–Trinajstić information content (AvgIpc) is 2.43. The molecule has 2 N–H and O–H groups in total. The van der Waals surface area contributed by atoms with E-state index < -0.39 is 6.61 Å². The molecule has 0 radical (unpaired) electrons. The third-order valence-corrected chi connectivity index (χ3v) is 2.59. The van der Waals surface area contributed by atoms with E-state index in [0.29, 0.717) is 12.2 Å². The summed E-state index contributed by atoms with van der Waals surface area (Å²) in [6.07, 6.45) is 0. The molecular formula is C13H13F2N3O3. The minimum Gasteiger partial charge on any atom is -0.691 e. The van der Waals surface area contributed by atoms with Gasteiger partial charge in [-0.2, -0.15) is 8.78 Å². The van der Waals surface area contributed by atoms with Gasteiger partial charge in [-0.05, 0) is 31.2 Å². The fourth-order valence-electron chi connectivity index (χ4n) is 1.70. The van der Waals surface area contributed by atoms with Crippen LogP contribution in [0, 0.1) is 5.21 Å². The summed E-state index contributed by atoms with van der Waals surface area (Å²) in [5.74, 6) is 0.00107. The van der Waals surface area contributed by atoms with Crippen molar-refractivity contribution in [3.05, 3.63) is 35.5 Å². The molecule has 0 unspecified atom stereocenters. The highest BCUT2D eigenvalue weighted by Crippen LogP contribution is 2.33. The summed E-state index contributed by atoms with van der Waals surface area (Å²) in [6, 6.07) is 7.27. The molecule has 8 heteroatoms. The molecule has 112 valence electrons. The van der Waals surface area contributed by atoms with Crippen molar-refractivity contribution in [2.24, 2.45) is 0 Å².